The Hall–Kier alpha value is -1.65. The maximum absolute atomic E-state index is 11.8. The molecule has 25 heavy (non-hydrogen) atoms. The van der Waals surface area contributed by atoms with Gasteiger partial charge in [-0.25, -0.2) is 18.1 Å². The number of benzene rings is 2. The molecule has 8 heteroatoms. The number of halogens is 1. The highest BCUT2D eigenvalue weighted by molar-refractivity contribution is 14.0. The average Bonchev–Trinajstić information content (AvgIpc) is 2.60. The van der Waals surface area contributed by atoms with Gasteiger partial charge in [-0.1, -0.05) is 31.2 Å². The molecule has 0 amide bonds. The number of nitrogens with one attached hydrogen (secondary N) is 2. The largest absolute Gasteiger partial charge is 0.370 e. The van der Waals surface area contributed by atoms with Crippen molar-refractivity contribution in [3.05, 3.63) is 59.7 Å². The summed E-state index contributed by atoms with van der Waals surface area (Å²) in [5.41, 5.74) is 8.75. The first-order chi connectivity index (χ1) is 11.4. The van der Waals surface area contributed by atoms with Crippen molar-refractivity contribution in [2.24, 2.45) is 10.7 Å². The average molecular weight is 474 g/mol. The molecule has 2 aromatic rings. The van der Waals surface area contributed by atoms with E-state index in [1.165, 1.54) is 18.7 Å². The monoisotopic (exact) mass is 474 g/mol. The molecule has 0 atom stereocenters. The Morgan fingerprint density at radius 3 is 2.48 bits per heavy atom. The number of anilines is 1. The quantitative estimate of drug-likeness (QED) is 0.341. The van der Waals surface area contributed by atoms with Crippen LogP contribution >= 0.6 is 24.0 Å². The lowest BCUT2D eigenvalue weighted by Gasteiger charge is -2.08. The van der Waals surface area contributed by atoms with Gasteiger partial charge in [-0.05, 0) is 48.9 Å². The van der Waals surface area contributed by atoms with Crippen LogP contribution in [0.2, 0.25) is 0 Å². The molecule has 0 saturated carbocycles. The maximum Gasteiger partial charge on any atom is 0.240 e. The molecule has 0 aromatic heterocycles. The van der Waals surface area contributed by atoms with Gasteiger partial charge >= 0.3 is 0 Å². The Morgan fingerprint density at radius 2 is 1.80 bits per heavy atom. The van der Waals surface area contributed by atoms with Crippen molar-refractivity contribution in [3.8, 4) is 0 Å². The molecule has 0 heterocycles. The lowest BCUT2D eigenvalue weighted by Crippen LogP contribution is -2.22. The van der Waals surface area contributed by atoms with Gasteiger partial charge < -0.3 is 11.1 Å². The molecule has 136 valence electrons. The van der Waals surface area contributed by atoms with Crippen LogP contribution in [0.5, 0.6) is 0 Å². The van der Waals surface area contributed by atoms with Crippen molar-refractivity contribution in [1.82, 2.24) is 4.72 Å². The molecule has 0 saturated heterocycles. The Kier molecular flexibility index (Phi) is 8.33. The molecule has 2 aromatic carbocycles. The van der Waals surface area contributed by atoms with E-state index in [2.05, 4.69) is 22.0 Å². The van der Waals surface area contributed by atoms with E-state index in [0.29, 0.717) is 6.54 Å². The first kappa shape index (κ1) is 21.4. The molecule has 0 aliphatic carbocycles. The summed E-state index contributed by atoms with van der Waals surface area (Å²) in [6.07, 6.45) is 0.944. The topological polar surface area (TPSA) is 96.6 Å². The Labute approximate surface area is 166 Å². The molecule has 4 N–H and O–H groups in total. The van der Waals surface area contributed by atoms with Crippen LogP contribution in [0.1, 0.15) is 18.1 Å². The van der Waals surface area contributed by atoms with Crippen molar-refractivity contribution in [2.75, 3.05) is 12.4 Å². The first-order valence-corrected chi connectivity index (χ1v) is 9.11. The zero-order chi connectivity index (χ0) is 17.6. The van der Waals surface area contributed by atoms with E-state index in [0.717, 1.165) is 17.7 Å². The van der Waals surface area contributed by atoms with Gasteiger partial charge in [-0.15, -0.1) is 24.0 Å². The second-order valence-electron chi connectivity index (χ2n) is 5.24. The molecule has 0 bridgehead atoms. The predicted octanol–water partition coefficient (Wildman–Crippen LogP) is 2.70. The number of rotatable bonds is 6. The normalized spacial score (nSPS) is 11.7. The molecular weight excluding hydrogens is 451 g/mol. The lowest BCUT2D eigenvalue weighted by molar-refractivity contribution is 0.588. The summed E-state index contributed by atoms with van der Waals surface area (Å²) < 4.78 is 25.9. The van der Waals surface area contributed by atoms with Gasteiger partial charge in [0.15, 0.2) is 5.96 Å². The van der Waals surface area contributed by atoms with E-state index in [1.807, 2.05) is 30.3 Å². The smallest absolute Gasteiger partial charge is 0.240 e. The van der Waals surface area contributed by atoms with E-state index >= 15 is 0 Å². The van der Waals surface area contributed by atoms with Crippen LogP contribution in [0.15, 0.2) is 58.4 Å². The molecule has 0 fully saturated rings. The van der Waals surface area contributed by atoms with Crippen molar-refractivity contribution in [2.45, 2.75) is 24.8 Å². The Morgan fingerprint density at radius 1 is 1.12 bits per heavy atom. The van der Waals surface area contributed by atoms with Crippen molar-refractivity contribution in [1.29, 1.82) is 0 Å². The standard InChI is InChI=1S/C17H22N4O2S.HI/c1-3-13-6-4-8-15(10-13)21-17(18)20-12-14-7-5-9-16(11-14)24(22,23)19-2;/h4-11,19H,3,12H2,1-2H3,(H3,18,20,21);1H. The molecule has 0 unspecified atom stereocenters. The van der Waals surface area contributed by atoms with Gasteiger partial charge in [0, 0.05) is 5.69 Å². The Bertz CT molecular complexity index is 838. The summed E-state index contributed by atoms with van der Waals surface area (Å²) in [6.45, 7) is 2.38. The van der Waals surface area contributed by atoms with Gasteiger partial charge in [0.25, 0.3) is 0 Å². The number of aliphatic imine (C=N–C) groups is 1. The summed E-state index contributed by atoms with van der Waals surface area (Å²) in [5, 5.41) is 3.04. The summed E-state index contributed by atoms with van der Waals surface area (Å²) in [5.74, 6) is 0.283. The third kappa shape index (κ3) is 6.29. The summed E-state index contributed by atoms with van der Waals surface area (Å²) >= 11 is 0. The van der Waals surface area contributed by atoms with E-state index in [9.17, 15) is 8.42 Å². The van der Waals surface area contributed by atoms with Crippen LogP contribution in [0.25, 0.3) is 0 Å². The molecule has 2 rings (SSSR count). The zero-order valence-corrected chi connectivity index (χ0v) is 17.3. The van der Waals surface area contributed by atoms with Gasteiger partial charge in [-0.3, -0.25) is 0 Å². The highest BCUT2D eigenvalue weighted by Crippen LogP contribution is 2.13. The number of guanidine groups is 1. The molecule has 0 aliphatic heterocycles. The van der Waals surface area contributed by atoms with E-state index in [1.54, 1.807) is 12.1 Å². The second kappa shape index (κ2) is 9.73. The predicted molar refractivity (Wildman–Crippen MR) is 113 cm³/mol. The Balaban J connectivity index is 0.00000312. The van der Waals surface area contributed by atoms with Gasteiger partial charge in [-0.2, -0.15) is 0 Å². The molecule has 0 aliphatic rings. The zero-order valence-electron chi connectivity index (χ0n) is 14.2. The van der Waals surface area contributed by atoms with Crippen LogP contribution in [0.3, 0.4) is 0 Å². The minimum absolute atomic E-state index is 0. The molecule has 6 nitrogen and oxygen atoms in total. The SMILES string of the molecule is CCc1cccc(NC(N)=NCc2cccc(S(=O)(=O)NC)c2)c1.I. The van der Waals surface area contributed by atoms with Crippen LogP contribution in [0.4, 0.5) is 5.69 Å². The number of nitrogens with zero attached hydrogens (tertiary/aromatic N) is 1. The number of aryl methyl sites for hydroxylation is 1. The minimum atomic E-state index is -3.46. The van der Waals surface area contributed by atoms with E-state index in [-0.39, 0.29) is 34.8 Å². The molecule has 0 spiro atoms. The first-order valence-electron chi connectivity index (χ1n) is 7.63. The highest BCUT2D eigenvalue weighted by atomic mass is 127. The molecular formula is C17H23IN4O2S. The minimum Gasteiger partial charge on any atom is -0.370 e. The molecule has 0 radical (unpaired) electrons. The second-order valence-corrected chi connectivity index (χ2v) is 7.12. The van der Waals surface area contributed by atoms with Gasteiger partial charge in [0.05, 0.1) is 11.4 Å². The summed E-state index contributed by atoms with van der Waals surface area (Å²) in [4.78, 5) is 4.47. The van der Waals surface area contributed by atoms with Crippen molar-refractivity contribution < 1.29 is 8.42 Å². The van der Waals surface area contributed by atoms with Gasteiger partial charge in [0.2, 0.25) is 10.0 Å². The highest BCUT2D eigenvalue weighted by Gasteiger charge is 2.11. The third-order valence-corrected chi connectivity index (χ3v) is 4.93. The van der Waals surface area contributed by atoms with Crippen LogP contribution in [-0.4, -0.2) is 21.4 Å². The van der Waals surface area contributed by atoms with E-state index < -0.39 is 10.0 Å². The van der Waals surface area contributed by atoms with Crippen LogP contribution < -0.4 is 15.8 Å². The number of hydrogen-bond donors (Lipinski definition) is 3. The number of hydrogen-bond acceptors (Lipinski definition) is 3. The summed E-state index contributed by atoms with van der Waals surface area (Å²) in [7, 11) is -2.08. The fourth-order valence-corrected chi connectivity index (χ4v) is 2.96. The van der Waals surface area contributed by atoms with Crippen molar-refractivity contribution in [3.63, 3.8) is 0 Å². The van der Waals surface area contributed by atoms with Crippen LogP contribution in [-0.2, 0) is 23.0 Å². The fourth-order valence-electron chi connectivity index (χ4n) is 2.16. The van der Waals surface area contributed by atoms with Gasteiger partial charge in [0.1, 0.15) is 0 Å². The van der Waals surface area contributed by atoms with Crippen molar-refractivity contribution >= 4 is 45.6 Å². The fraction of sp³-hybridized carbons (Fsp3) is 0.235. The summed E-state index contributed by atoms with van der Waals surface area (Å²) in [6, 6.07) is 14.6. The lowest BCUT2D eigenvalue weighted by atomic mass is 10.1. The van der Waals surface area contributed by atoms with E-state index in [4.69, 9.17) is 5.73 Å². The number of nitrogens with two attached hydrogens (primary N) is 1. The number of sulfonamides is 1. The third-order valence-electron chi connectivity index (χ3n) is 3.52. The maximum atomic E-state index is 11.8. The van der Waals surface area contributed by atoms with Crippen LogP contribution in [0, 0.1) is 0 Å².